The van der Waals surface area contributed by atoms with E-state index in [0.29, 0.717) is 18.2 Å². The number of fused-ring (bicyclic) bond motifs is 1. The number of nitrogens with one attached hydrogen (secondary N) is 3. The van der Waals surface area contributed by atoms with Crippen molar-refractivity contribution in [3.8, 4) is 0 Å². The van der Waals surface area contributed by atoms with Crippen LogP contribution in [0.2, 0.25) is 0 Å². The van der Waals surface area contributed by atoms with Crippen LogP contribution in [0.1, 0.15) is 38.5 Å². The Bertz CT molecular complexity index is 736. The monoisotopic (exact) mass is 492 g/mol. The van der Waals surface area contributed by atoms with Crippen LogP contribution in [-0.4, -0.2) is 115 Å². The normalized spacial score (nSPS) is 27.7. The molecular weight excluding hydrogens is 452 g/mol. The molecule has 3 atom stereocenters. The van der Waals surface area contributed by atoms with Gasteiger partial charge in [-0.25, -0.2) is 4.79 Å². The lowest BCUT2D eigenvalue weighted by Gasteiger charge is -2.34. The van der Waals surface area contributed by atoms with Crippen molar-refractivity contribution >= 4 is 29.6 Å². The number of nitrogens with zero attached hydrogens (tertiary/aromatic N) is 3. The molecule has 0 aromatic rings. The number of amides is 4. The summed E-state index contributed by atoms with van der Waals surface area (Å²) in [5.74, 6) is 1.27. The second kappa shape index (κ2) is 12.8. The number of unbranched alkanes of at least 4 members (excludes halogenated alkanes) is 1. The molecule has 0 aromatic carbocycles. The number of carbonyl (C=O) groups is 3. The average molecular weight is 493 g/mol. The Morgan fingerprint density at radius 1 is 1.03 bits per heavy atom. The topological polar surface area (TPSA) is 97.0 Å². The number of urea groups is 1. The van der Waals surface area contributed by atoms with Crippen LogP contribution in [0.25, 0.3) is 0 Å². The Hall–Kier alpha value is -1.78. The molecule has 4 heterocycles. The highest BCUT2D eigenvalue weighted by atomic mass is 32.2. The molecule has 0 unspecified atom stereocenters. The molecule has 9 nitrogen and oxygen atoms in total. The summed E-state index contributed by atoms with van der Waals surface area (Å²) in [7, 11) is 0. The molecule has 0 radical (unpaired) electrons. The van der Waals surface area contributed by atoms with Crippen molar-refractivity contribution in [2.24, 2.45) is 0 Å². The van der Waals surface area contributed by atoms with E-state index in [0.717, 1.165) is 90.2 Å². The molecule has 4 fully saturated rings. The van der Waals surface area contributed by atoms with Gasteiger partial charge < -0.3 is 20.9 Å². The highest BCUT2D eigenvalue weighted by Gasteiger charge is 2.42. The smallest absolute Gasteiger partial charge is 0.315 e. The maximum Gasteiger partial charge on any atom is 0.315 e. The highest BCUT2D eigenvalue weighted by Crippen LogP contribution is 2.33. The SMILES string of the molecule is O=C(CCCC[C@@H]1SC[C@@H]2NC(=O)N[C@@H]21)NCCN1CCN(C/C=C/C(=O)N2CCCC2)CC1. The average Bonchev–Trinajstić information content (AvgIpc) is 3.56. The Kier molecular flexibility index (Phi) is 9.52. The fourth-order valence-electron chi connectivity index (χ4n) is 5.26. The lowest BCUT2D eigenvalue weighted by atomic mass is 10.0. The van der Waals surface area contributed by atoms with Crippen molar-refractivity contribution in [3.63, 3.8) is 0 Å². The molecule has 0 aliphatic carbocycles. The van der Waals surface area contributed by atoms with Crippen LogP contribution in [0.15, 0.2) is 12.2 Å². The molecule has 4 saturated heterocycles. The van der Waals surface area contributed by atoms with Gasteiger partial charge in [0, 0.05) is 82.4 Å². The summed E-state index contributed by atoms with van der Waals surface area (Å²) >= 11 is 1.93. The Morgan fingerprint density at radius 2 is 1.79 bits per heavy atom. The largest absolute Gasteiger partial charge is 0.355 e. The number of piperazine rings is 1. The van der Waals surface area contributed by atoms with Crippen LogP contribution in [0.4, 0.5) is 4.79 Å². The van der Waals surface area contributed by atoms with Crippen molar-refractivity contribution in [2.45, 2.75) is 55.9 Å². The maximum atomic E-state index is 12.2. The summed E-state index contributed by atoms with van der Waals surface area (Å²) in [5.41, 5.74) is 0. The van der Waals surface area contributed by atoms with Crippen LogP contribution in [-0.2, 0) is 9.59 Å². The van der Waals surface area contributed by atoms with Gasteiger partial charge in [0.1, 0.15) is 0 Å². The van der Waals surface area contributed by atoms with E-state index in [-0.39, 0.29) is 29.9 Å². The van der Waals surface area contributed by atoms with Gasteiger partial charge in [0.15, 0.2) is 0 Å². The number of likely N-dealkylation sites (tertiary alicyclic amines) is 1. The van der Waals surface area contributed by atoms with Gasteiger partial charge in [-0.1, -0.05) is 12.5 Å². The first-order valence-corrected chi connectivity index (χ1v) is 14.0. The van der Waals surface area contributed by atoms with Crippen molar-refractivity contribution in [3.05, 3.63) is 12.2 Å². The molecule has 0 spiro atoms. The minimum absolute atomic E-state index is 0.0395. The van der Waals surface area contributed by atoms with E-state index in [2.05, 4.69) is 25.8 Å². The first kappa shape index (κ1) is 25.3. The summed E-state index contributed by atoms with van der Waals surface area (Å²) in [5, 5.41) is 9.53. The molecule has 4 aliphatic rings. The van der Waals surface area contributed by atoms with E-state index in [1.54, 1.807) is 6.08 Å². The molecule has 190 valence electrons. The number of thioether (sulfide) groups is 1. The number of hydrogen-bond donors (Lipinski definition) is 3. The van der Waals surface area contributed by atoms with Crippen LogP contribution in [0.3, 0.4) is 0 Å². The third-order valence-corrected chi connectivity index (χ3v) is 8.85. The quantitative estimate of drug-likeness (QED) is 0.222. The van der Waals surface area contributed by atoms with Crippen molar-refractivity contribution in [1.29, 1.82) is 0 Å². The summed E-state index contributed by atoms with van der Waals surface area (Å²) in [6.45, 7) is 8.19. The number of carbonyl (C=O) groups excluding carboxylic acids is 3. The predicted octanol–water partition coefficient (Wildman–Crippen LogP) is 0.625. The zero-order chi connectivity index (χ0) is 23.8. The standard InChI is InChI=1S/C24H40N6O3S/c31-21(7-2-1-6-20-23-19(18-34-20)26-24(33)27-23)25-9-13-29-16-14-28(15-17-29)10-5-8-22(32)30-11-3-4-12-30/h5,8,19-20,23H,1-4,6-7,9-18H2,(H,25,31)(H2,26,27,33)/b8-5+/t19-,20-,23-/m0/s1. The summed E-state index contributed by atoms with van der Waals surface area (Å²) < 4.78 is 0. The third-order valence-electron chi connectivity index (χ3n) is 7.34. The lowest BCUT2D eigenvalue weighted by molar-refractivity contribution is -0.125. The molecular formula is C24H40N6O3S. The summed E-state index contributed by atoms with van der Waals surface area (Å²) in [4.78, 5) is 42.4. The van der Waals surface area contributed by atoms with Gasteiger partial charge in [0.2, 0.25) is 11.8 Å². The number of hydrogen-bond acceptors (Lipinski definition) is 6. The first-order valence-electron chi connectivity index (χ1n) is 12.9. The van der Waals surface area contributed by atoms with Gasteiger partial charge in [-0.05, 0) is 25.7 Å². The van der Waals surface area contributed by atoms with E-state index >= 15 is 0 Å². The van der Waals surface area contributed by atoms with Gasteiger partial charge in [0.25, 0.3) is 0 Å². The summed E-state index contributed by atoms with van der Waals surface area (Å²) in [6.07, 6.45) is 9.53. The van der Waals surface area contributed by atoms with E-state index in [1.807, 2.05) is 22.7 Å². The second-order valence-corrected chi connectivity index (χ2v) is 11.1. The van der Waals surface area contributed by atoms with Gasteiger partial charge in [0.05, 0.1) is 12.1 Å². The fraction of sp³-hybridized carbons (Fsp3) is 0.792. The lowest BCUT2D eigenvalue weighted by Crippen LogP contribution is -2.48. The van der Waals surface area contributed by atoms with Crippen LogP contribution in [0.5, 0.6) is 0 Å². The zero-order valence-electron chi connectivity index (χ0n) is 20.2. The predicted molar refractivity (Wildman–Crippen MR) is 135 cm³/mol. The molecule has 0 aromatic heterocycles. The molecule has 3 N–H and O–H groups in total. The van der Waals surface area contributed by atoms with E-state index in [4.69, 9.17) is 0 Å². The Morgan fingerprint density at radius 3 is 2.59 bits per heavy atom. The van der Waals surface area contributed by atoms with E-state index < -0.39 is 0 Å². The molecule has 4 rings (SSSR count). The Labute approximate surface area is 207 Å². The van der Waals surface area contributed by atoms with Crippen LogP contribution >= 0.6 is 11.8 Å². The van der Waals surface area contributed by atoms with Crippen molar-refractivity contribution in [1.82, 2.24) is 30.7 Å². The van der Waals surface area contributed by atoms with Crippen molar-refractivity contribution in [2.75, 3.05) is 64.7 Å². The fourth-order valence-corrected chi connectivity index (χ4v) is 6.80. The first-order chi connectivity index (χ1) is 16.6. The molecule has 34 heavy (non-hydrogen) atoms. The van der Waals surface area contributed by atoms with Crippen molar-refractivity contribution < 1.29 is 14.4 Å². The molecule has 0 saturated carbocycles. The molecule has 10 heteroatoms. The van der Waals surface area contributed by atoms with E-state index in [9.17, 15) is 14.4 Å². The Balaban J connectivity index is 0.994. The molecule has 4 amide bonds. The molecule has 4 aliphatic heterocycles. The maximum absolute atomic E-state index is 12.2. The van der Waals surface area contributed by atoms with Gasteiger partial charge in [-0.3, -0.25) is 19.4 Å². The zero-order valence-corrected chi connectivity index (χ0v) is 21.0. The van der Waals surface area contributed by atoms with Crippen LogP contribution in [0, 0.1) is 0 Å². The van der Waals surface area contributed by atoms with Gasteiger partial charge >= 0.3 is 6.03 Å². The minimum atomic E-state index is -0.0395. The third kappa shape index (κ3) is 7.36. The minimum Gasteiger partial charge on any atom is -0.355 e. The number of rotatable bonds is 11. The van der Waals surface area contributed by atoms with Crippen LogP contribution < -0.4 is 16.0 Å². The van der Waals surface area contributed by atoms with Gasteiger partial charge in [-0.2, -0.15) is 11.8 Å². The van der Waals surface area contributed by atoms with Gasteiger partial charge in [-0.15, -0.1) is 0 Å². The summed E-state index contributed by atoms with van der Waals surface area (Å²) in [6, 6.07) is 0.482. The van der Waals surface area contributed by atoms with E-state index in [1.165, 1.54) is 0 Å². The molecule has 0 bridgehead atoms. The second-order valence-electron chi connectivity index (χ2n) is 9.79. The highest BCUT2D eigenvalue weighted by molar-refractivity contribution is 8.00.